The minimum Gasteiger partial charge on any atom is -0.395 e. The summed E-state index contributed by atoms with van der Waals surface area (Å²) in [4.78, 5) is 14.9. The van der Waals surface area contributed by atoms with E-state index < -0.39 is 0 Å². The molecule has 0 atom stereocenters. The number of aliphatic hydroxyl groups excluding tert-OH is 1. The SMILES string of the molecule is CC(C)(C)c1ccc2[nH]c(C(=O)NCCO)cc2c1. The minimum atomic E-state index is -0.192. The Morgan fingerprint density at radius 3 is 2.68 bits per heavy atom. The molecule has 0 fully saturated rings. The Hall–Kier alpha value is -1.81. The lowest BCUT2D eigenvalue weighted by atomic mass is 9.86. The summed E-state index contributed by atoms with van der Waals surface area (Å²) >= 11 is 0. The Morgan fingerprint density at radius 2 is 2.05 bits per heavy atom. The van der Waals surface area contributed by atoms with Gasteiger partial charge in [-0.05, 0) is 29.2 Å². The van der Waals surface area contributed by atoms with Gasteiger partial charge < -0.3 is 15.4 Å². The fourth-order valence-electron chi connectivity index (χ4n) is 1.99. The predicted molar refractivity (Wildman–Crippen MR) is 76.4 cm³/mol. The first-order chi connectivity index (χ1) is 8.91. The highest BCUT2D eigenvalue weighted by Gasteiger charge is 2.15. The zero-order valence-electron chi connectivity index (χ0n) is 11.6. The van der Waals surface area contributed by atoms with E-state index in [4.69, 9.17) is 5.11 Å². The van der Waals surface area contributed by atoms with E-state index >= 15 is 0 Å². The third-order valence-corrected chi connectivity index (χ3v) is 3.13. The summed E-state index contributed by atoms with van der Waals surface area (Å²) in [5, 5.41) is 12.4. The number of hydrogen-bond donors (Lipinski definition) is 3. The van der Waals surface area contributed by atoms with E-state index in [2.05, 4.69) is 43.2 Å². The average molecular weight is 260 g/mol. The second kappa shape index (κ2) is 5.05. The minimum absolute atomic E-state index is 0.0554. The van der Waals surface area contributed by atoms with Crippen LogP contribution in [0, 0.1) is 0 Å². The van der Waals surface area contributed by atoms with Gasteiger partial charge in [0.25, 0.3) is 5.91 Å². The molecule has 2 aromatic rings. The fraction of sp³-hybridized carbons (Fsp3) is 0.400. The third-order valence-electron chi connectivity index (χ3n) is 3.13. The lowest BCUT2D eigenvalue weighted by Gasteiger charge is -2.18. The normalized spacial score (nSPS) is 11.8. The third kappa shape index (κ3) is 2.96. The number of aromatic amines is 1. The van der Waals surface area contributed by atoms with Gasteiger partial charge in [-0.25, -0.2) is 0 Å². The number of nitrogens with one attached hydrogen (secondary N) is 2. The van der Waals surface area contributed by atoms with Gasteiger partial charge in [0, 0.05) is 17.4 Å². The van der Waals surface area contributed by atoms with Crippen LogP contribution in [0.1, 0.15) is 36.8 Å². The summed E-state index contributed by atoms with van der Waals surface area (Å²) in [5.41, 5.74) is 2.79. The molecule has 1 heterocycles. The Labute approximate surface area is 112 Å². The van der Waals surface area contributed by atoms with Crippen LogP contribution in [0.4, 0.5) is 0 Å². The van der Waals surface area contributed by atoms with Gasteiger partial charge >= 0.3 is 0 Å². The highest BCUT2D eigenvalue weighted by Crippen LogP contribution is 2.26. The number of hydrogen-bond acceptors (Lipinski definition) is 2. The molecule has 0 aliphatic heterocycles. The second-order valence-corrected chi connectivity index (χ2v) is 5.71. The van der Waals surface area contributed by atoms with Crippen molar-refractivity contribution in [2.24, 2.45) is 0 Å². The molecule has 0 aliphatic rings. The molecule has 0 radical (unpaired) electrons. The average Bonchev–Trinajstić information content (AvgIpc) is 2.77. The molecule has 0 bridgehead atoms. The molecule has 0 unspecified atom stereocenters. The van der Waals surface area contributed by atoms with Crippen LogP contribution in [0.15, 0.2) is 24.3 Å². The number of carbonyl (C=O) groups excluding carboxylic acids is 1. The van der Waals surface area contributed by atoms with Crippen molar-refractivity contribution in [3.63, 3.8) is 0 Å². The van der Waals surface area contributed by atoms with Crippen molar-refractivity contribution in [3.05, 3.63) is 35.5 Å². The van der Waals surface area contributed by atoms with E-state index in [1.54, 1.807) is 0 Å². The van der Waals surface area contributed by atoms with Gasteiger partial charge in [-0.2, -0.15) is 0 Å². The first kappa shape index (κ1) is 13.6. The Morgan fingerprint density at radius 1 is 1.32 bits per heavy atom. The maximum Gasteiger partial charge on any atom is 0.267 e. The largest absolute Gasteiger partial charge is 0.395 e. The van der Waals surface area contributed by atoms with Crippen LogP contribution in [0.2, 0.25) is 0 Å². The van der Waals surface area contributed by atoms with Crippen molar-refractivity contribution in [3.8, 4) is 0 Å². The maximum absolute atomic E-state index is 11.8. The molecule has 19 heavy (non-hydrogen) atoms. The van der Waals surface area contributed by atoms with Crippen molar-refractivity contribution in [2.75, 3.05) is 13.2 Å². The van der Waals surface area contributed by atoms with Crippen molar-refractivity contribution < 1.29 is 9.90 Å². The summed E-state index contributed by atoms with van der Waals surface area (Å²) in [6.07, 6.45) is 0. The highest BCUT2D eigenvalue weighted by molar-refractivity contribution is 5.98. The van der Waals surface area contributed by atoms with Crippen molar-refractivity contribution in [1.29, 1.82) is 0 Å². The molecular formula is C15H20N2O2. The van der Waals surface area contributed by atoms with E-state index in [9.17, 15) is 4.79 Å². The Bertz CT molecular complexity index is 594. The van der Waals surface area contributed by atoms with E-state index in [1.807, 2.05) is 12.1 Å². The van der Waals surface area contributed by atoms with Crippen LogP contribution in [0.3, 0.4) is 0 Å². The van der Waals surface area contributed by atoms with E-state index in [0.29, 0.717) is 5.69 Å². The molecule has 1 aromatic heterocycles. The molecule has 3 N–H and O–H groups in total. The van der Waals surface area contributed by atoms with Crippen molar-refractivity contribution in [2.45, 2.75) is 26.2 Å². The zero-order chi connectivity index (χ0) is 14.0. The summed E-state index contributed by atoms with van der Waals surface area (Å²) in [6, 6.07) is 8.03. The molecule has 1 amide bonds. The van der Waals surface area contributed by atoms with Crippen LogP contribution in [-0.2, 0) is 5.41 Å². The molecular weight excluding hydrogens is 240 g/mol. The predicted octanol–water partition coefficient (Wildman–Crippen LogP) is 2.19. The molecule has 1 aromatic carbocycles. The Kier molecular flexibility index (Phi) is 3.62. The van der Waals surface area contributed by atoms with Gasteiger partial charge in [0.15, 0.2) is 0 Å². The van der Waals surface area contributed by atoms with Gasteiger partial charge in [-0.3, -0.25) is 4.79 Å². The molecule has 0 saturated heterocycles. The van der Waals surface area contributed by atoms with Crippen molar-refractivity contribution >= 4 is 16.8 Å². The van der Waals surface area contributed by atoms with E-state index in [1.165, 1.54) is 5.56 Å². The summed E-state index contributed by atoms with van der Waals surface area (Å²) in [7, 11) is 0. The van der Waals surface area contributed by atoms with Crippen LogP contribution >= 0.6 is 0 Å². The van der Waals surface area contributed by atoms with Crippen LogP contribution in [0.5, 0.6) is 0 Å². The second-order valence-electron chi connectivity index (χ2n) is 5.71. The van der Waals surface area contributed by atoms with Crippen LogP contribution < -0.4 is 5.32 Å². The zero-order valence-corrected chi connectivity index (χ0v) is 11.6. The number of fused-ring (bicyclic) bond motifs is 1. The van der Waals surface area contributed by atoms with Gasteiger partial charge in [0.1, 0.15) is 5.69 Å². The van der Waals surface area contributed by atoms with Gasteiger partial charge in [0.05, 0.1) is 6.61 Å². The monoisotopic (exact) mass is 260 g/mol. The number of rotatable bonds is 3. The standard InChI is InChI=1S/C15H20N2O2/c1-15(2,3)11-4-5-12-10(8-11)9-13(17-12)14(19)16-6-7-18/h4-5,8-9,17-18H,6-7H2,1-3H3,(H,16,19). The summed E-state index contributed by atoms with van der Waals surface area (Å²) in [6.45, 7) is 6.70. The lowest BCUT2D eigenvalue weighted by Crippen LogP contribution is -2.26. The number of benzene rings is 1. The Balaban J connectivity index is 2.33. The van der Waals surface area contributed by atoms with Crippen LogP contribution in [0.25, 0.3) is 10.9 Å². The quantitative estimate of drug-likeness (QED) is 0.792. The maximum atomic E-state index is 11.8. The van der Waals surface area contributed by atoms with E-state index in [0.717, 1.165) is 10.9 Å². The van der Waals surface area contributed by atoms with E-state index in [-0.39, 0.29) is 24.5 Å². The molecule has 0 saturated carbocycles. The molecule has 0 aliphatic carbocycles. The molecule has 2 rings (SSSR count). The van der Waals surface area contributed by atoms with Gasteiger partial charge in [-0.1, -0.05) is 26.8 Å². The van der Waals surface area contributed by atoms with Gasteiger partial charge in [-0.15, -0.1) is 0 Å². The molecule has 4 heteroatoms. The summed E-state index contributed by atoms with van der Waals surface area (Å²) < 4.78 is 0. The topological polar surface area (TPSA) is 65.1 Å². The summed E-state index contributed by atoms with van der Waals surface area (Å²) in [5.74, 6) is -0.192. The first-order valence-electron chi connectivity index (χ1n) is 6.44. The van der Waals surface area contributed by atoms with Crippen LogP contribution in [-0.4, -0.2) is 29.1 Å². The molecule has 4 nitrogen and oxygen atoms in total. The number of aliphatic hydroxyl groups is 1. The first-order valence-corrected chi connectivity index (χ1v) is 6.44. The number of aromatic nitrogens is 1. The highest BCUT2D eigenvalue weighted by atomic mass is 16.3. The number of H-pyrrole nitrogens is 1. The fourth-order valence-corrected chi connectivity index (χ4v) is 1.99. The molecule has 102 valence electrons. The lowest BCUT2D eigenvalue weighted by molar-refractivity contribution is 0.0940. The smallest absolute Gasteiger partial charge is 0.267 e. The number of carbonyl (C=O) groups is 1. The van der Waals surface area contributed by atoms with Crippen molar-refractivity contribution in [1.82, 2.24) is 10.3 Å². The number of amides is 1. The van der Waals surface area contributed by atoms with Gasteiger partial charge in [0.2, 0.25) is 0 Å². The molecule has 0 spiro atoms.